The highest BCUT2D eigenvalue weighted by atomic mass is 79.9. The number of ether oxygens (including phenoxy) is 2. The van der Waals surface area contributed by atoms with Gasteiger partial charge in [-0.15, -0.1) is 0 Å². The molecule has 0 spiro atoms. The van der Waals surface area contributed by atoms with Crippen molar-refractivity contribution in [2.45, 2.75) is 6.54 Å². The highest BCUT2D eigenvalue weighted by molar-refractivity contribution is 9.11. The molecule has 1 heterocycles. The topological polar surface area (TPSA) is 70.5 Å². The fraction of sp³-hybridized carbons (Fsp3) is 0.182. The highest BCUT2D eigenvalue weighted by Crippen LogP contribution is 2.37. The Morgan fingerprint density at radius 2 is 1.94 bits per heavy atom. The van der Waals surface area contributed by atoms with Crippen LogP contribution >= 0.6 is 31.9 Å². The van der Waals surface area contributed by atoms with Crippen molar-refractivity contribution in [2.24, 2.45) is 5.73 Å². The zero-order valence-corrected chi connectivity index (χ0v) is 12.6. The van der Waals surface area contributed by atoms with Crippen LogP contribution in [0.1, 0.15) is 5.69 Å². The van der Waals surface area contributed by atoms with Crippen molar-refractivity contribution in [3.63, 3.8) is 0 Å². The largest absolute Gasteiger partial charge is 0.496 e. The van der Waals surface area contributed by atoms with Crippen molar-refractivity contribution in [3.8, 4) is 17.6 Å². The Morgan fingerprint density at radius 3 is 2.56 bits per heavy atom. The minimum atomic E-state index is 0.146. The van der Waals surface area contributed by atoms with E-state index in [-0.39, 0.29) is 6.08 Å². The van der Waals surface area contributed by atoms with Crippen LogP contribution in [0.15, 0.2) is 31.8 Å². The van der Waals surface area contributed by atoms with Crippen molar-refractivity contribution in [2.75, 3.05) is 7.11 Å². The predicted octanol–water partition coefficient (Wildman–Crippen LogP) is 3.46. The lowest BCUT2D eigenvalue weighted by Crippen LogP contribution is -1.96. The molecule has 2 aromatic rings. The number of nitrogens with zero attached hydrogens (tertiary/aromatic N) is 1. The van der Waals surface area contributed by atoms with Crippen LogP contribution < -0.4 is 15.2 Å². The van der Waals surface area contributed by atoms with E-state index in [1.165, 1.54) is 6.26 Å². The summed E-state index contributed by atoms with van der Waals surface area (Å²) < 4.78 is 17.3. The van der Waals surface area contributed by atoms with Crippen molar-refractivity contribution < 1.29 is 13.9 Å². The second-order valence-electron chi connectivity index (χ2n) is 3.33. The molecule has 18 heavy (non-hydrogen) atoms. The third-order valence-corrected chi connectivity index (χ3v) is 3.38. The van der Waals surface area contributed by atoms with Crippen molar-refractivity contribution in [1.82, 2.24) is 4.98 Å². The van der Waals surface area contributed by atoms with E-state index < -0.39 is 0 Å². The van der Waals surface area contributed by atoms with Crippen LogP contribution in [-0.2, 0) is 6.54 Å². The standard InChI is InChI=1S/C11H10Br2N2O3/c1-16-9-2-8(13)10(3-7(9)12)18-11-15-6(4-14)5-17-11/h2-3,5H,4,14H2,1H3. The number of rotatable bonds is 4. The number of benzene rings is 1. The molecule has 0 saturated heterocycles. The fourth-order valence-corrected chi connectivity index (χ4v) is 2.16. The van der Waals surface area contributed by atoms with Gasteiger partial charge in [-0.2, -0.15) is 4.98 Å². The molecule has 0 fully saturated rings. The predicted molar refractivity (Wildman–Crippen MR) is 72.9 cm³/mol. The fourth-order valence-electron chi connectivity index (χ4n) is 1.27. The minimum Gasteiger partial charge on any atom is -0.496 e. The third kappa shape index (κ3) is 2.85. The molecule has 0 bridgehead atoms. The number of halogens is 2. The lowest BCUT2D eigenvalue weighted by molar-refractivity contribution is 0.328. The molecule has 0 radical (unpaired) electrons. The SMILES string of the molecule is COc1cc(Br)c(Oc2nc(CN)co2)cc1Br. The van der Waals surface area contributed by atoms with E-state index in [2.05, 4.69) is 36.8 Å². The average Bonchev–Trinajstić information content (AvgIpc) is 2.81. The van der Waals surface area contributed by atoms with Gasteiger partial charge in [-0.05, 0) is 37.9 Å². The van der Waals surface area contributed by atoms with Gasteiger partial charge in [0.05, 0.1) is 21.7 Å². The Hall–Kier alpha value is -1.05. The molecule has 0 aliphatic carbocycles. The first-order valence-corrected chi connectivity index (χ1v) is 6.58. The number of aromatic nitrogens is 1. The molecule has 2 rings (SSSR count). The molecular weight excluding hydrogens is 368 g/mol. The molecule has 0 unspecified atom stereocenters. The Labute approximate surface area is 121 Å². The van der Waals surface area contributed by atoms with Crippen LogP contribution in [0, 0.1) is 0 Å². The molecule has 5 nitrogen and oxygen atoms in total. The second-order valence-corrected chi connectivity index (χ2v) is 5.04. The minimum absolute atomic E-state index is 0.146. The number of methoxy groups -OCH3 is 1. The average molecular weight is 378 g/mol. The van der Waals surface area contributed by atoms with Crippen LogP contribution in [0.25, 0.3) is 0 Å². The Balaban J connectivity index is 2.26. The van der Waals surface area contributed by atoms with Crippen LogP contribution in [0.4, 0.5) is 0 Å². The molecule has 0 aliphatic rings. The molecule has 0 saturated carbocycles. The van der Waals surface area contributed by atoms with Crippen LogP contribution in [0.2, 0.25) is 0 Å². The Morgan fingerprint density at radius 1 is 1.28 bits per heavy atom. The maximum atomic E-state index is 5.51. The smallest absolute Gasteiger partial charge is 0.399 e. The zero-order valence-electron chi connectivity index (χ0n) is 9.44. The zero-order chi connectivity index (χ0) is 13.1. The summed E-state index contributed by atoms with van der Waals surface area (Å²) in [5.41, 5.74) is 6.07. The summed E-state index contributed by atoms with van der Waals surface area (Å²) in [6.45, 7) is 0.306. The van der Waals surface area contributed by atoms with Gasteiger partial charge in [0, 0.05) is 12.6 Å². The summed E-state index contributed by atoms with van der Waals surface area (Å²) in [6.07, 6.45) is 1.61. The molecule has 7 heteroatoms. The summed E-state index contributed by atoms with van der Waals surface area (Å²) in [6, 6.07) is 3.54. The van der Waals surface area contributed by atoms with E-state index in [1.54, 1.807) is 19.2 Å². The molecular formula is C11H10Br2N2O3. The van der Waals surface area contributed by atoms with E-state index in [4.69, 9.17) is 19.6 Å². The number of hydrogen-bond donors (Lipinski definition) is 1. The normalized spacial score (nSPS) is 10.4. The second kappa shape index (κ2) is 5.73. The van der Waals surface area contributed by atoms with Crippen LogP contribution in [0.5, 0.6) is 17.6 Å². The lowest BCUT2D eigenvalue weighted by atomic mass is 10.3. The van der Waals surface area contributed by atoms with Gasteiger partial charge in [0.25, 0.3) is 0 Å². The molecule has 0 amide bonds. The van der Waals surface area contributed by atoms with E-state index in [1.807, 2.05) is 0 Å². The molecule has 0 aliphatic heterocycles. The molecule has 1 aromatic carbocycles. The highest BCUT2D eigenvalue weighted by Gasteiger charge is 2.12. The summed E-state index contributed by atoms with van der Waals surface area (Å²) in [7, 11) is 1.59. The van der Waals surface area contributed by atoms with Gasteiger partial charge in [0.15, 0.2) is 0 Å². The van der Waals surface area contributed by atoms with E-state index >= 15 is 0 Å². The van der Waals surface area contributed by atoms with Crippen molar-refractivity contribution >= 4 is 31.9 Å². The summed E-state index contributed by atoms with van der Waals surface area (Å²) in [4.78, 5) is 4.06. The third-order valence-electron chi connectivity index (χ3n) is 2.14. The maximum Gasteiger partial charge on any atom is 0.399 e. The van der Waals surface area contributed by atoms with Crippen molar-refractivity contribution in [3.05, 3.63) is 33.0 Å². The van der Waals surface area contributed by atoms with E-state index in [0.717, 1.165) is 8.95 Å². The van der Waals surface area contributed by atoms with Gasteiger partial charge in [0.2, 0.25) is 0 Å². The van der Waals surface area contributed by atoms with Gasteiger partial charge >= 0.3 is 6.08 Å². The Bertz CT molecular complexity index is 557. The molecule has 2 N–H and O–H groups in total. The number of nitrogens with two attached hydrogens (primary N) is 1. The monoisotopic (exact) mass is 376 g/mol. The number of hydrogen-bond acceptors (Lipinski definition) is 5. The number of oxazole rings is 1. The van der Waals surface area contributed by atoms with E-state index in [0.29, 0.717) is 23.7 Å². The first-order chi connectivity index (χ1) is 8.63. The summed E-state index contributed by atoms with van der Waals surface area (Å²) in [5.74, 6) is 1.26. The first kappa shape index (κ1) is 13.4. The molecule has 1 aromatic heterocycles. The summed E-state index contributed by atoms with van der Waals surface area (Å²) in [5, 5.41) is 0. The lowest BCUT2D eigenvalue weighted by Gasteiger charge is -2.08. The van der Waals surface area contributed by atoms with Crippen molar-refractivity contribution in [1.29, 1.82) is 0 Å². The van der Waals surface area contributed by atoms with Gasteiger partial charge in [-0.3, -0.25) is 0 Å². The van der Waals surface area contributed by atoms with Crippen LogP contribution in [0.3, 0.4) is 0 Å². The Kier molecular flexibility index (Phi) is 4.26. The van der Waals surface area contributed by atoms with Gasteiger partial charge < -0.3 is 19.6 Å². The first-order valence-electron chi connectivity index (χ1n) is 4.99. The van der Waals surface area contributed by atoms with Gasteiger partial charge in [-0.25, -0.2) is 0 Å². The van der Waals surface area contributed by atoms with Crippen LogP contribution in [-0.4, -0.2) is 12.1 Å². The summed E-state index contributed by atoms with van der Waals surface area (Å²) >= 11 is 6.76. The van der Waals surface area contributed by atoms with Gasteiger partial charge in [0.1, 0.15) is 17.8 Å². The van der Waals surface area contributed by atoms with Gasteiger partial charge in [-0.1, -0.05) is 0 Å². The maximum absolute atomic E-state index is 5.51. The molecule has 0 atom stereocenters. The quantitative estimate of drug-likeness (QED) is 0.883. The van der Waals surface area contributed by atoms with E-state index in [9.17, 15) is 0 Å². The molecule has 96 valence electrons.